The number of sulfonamides is 1. The van der Waals surface area contributed by atoms with Crippen LogP contribution in [0.1, 0.15) is 13.8 Å². The third-order valence-corrected chi connectivity index (χ3v) is 6.40. The lowest BCUT2D eigenvalue weighted by atomic mass is 10.2. The van der Waals surface area contributed by atoms with Gasteiger partial charge in [0, 0.05) is 19.1 Å². The molecule has 0 aliphatic carbocycles. The van der Waals surface area contributed by atoms with Crippen LogP contribution >= 0.6 is 0 Å². The standard InChI is InChI=1S/C14H20F2N4O3S/c1-8-14(9(2)19-18-8)24(22,23)20(3)7-12(21)17-13-10(15)5-4-6-11(13)16/h4-6,8-9,14,18-19H,7H2,1-3H3,(H,17,21). The molecule has 2 unspecified atom stereocenters. The van der Waals surface area contributed by atoms with Gasteiger partial charge in [-0.3, -0.25) is 15.6 Å². The lowest BCUT2D eigenvalue weighted by Crippen LogP contribution is -2.47. The largest absolute Gasteiger partial charge is 0.320 e. The van der Waals surface area contributed by atoms with Crippen molar-refractivity contribution in [2.24, 2.45) is 0 Å². The highest BCUT2D eigenvalue weighted by molar-refractivity contribution is 7.89. The molecule has 7 nitrogen and oxygen atoms in total. The zero-order valence-corrected chi connectivity index (χ0v) is 14.3. The summed E-state index contributed by atoms with van der Waals surface area (Å²) >= 11 is 0. The first-order chi connectivity index (χ1) is 11.1. The molecule has 3 N–H and O–H groups in total. The number of hydrogen-bond donors (Lipinski definition) is 3. The molecule has 1 heterocycles. The zero-order valence-electron chi connectivity index (χ0n) is 13.5. The van der Waals surface area contributed by atoms with E-state index in [4.69, 9.17) is 0 Å². The summed E-state index contributed by atoms with van der Waals surface area (Å²) in [7, 11) is -2.53. The van der Waals surface area contributed by atoms with E-state index in [9.17, 15) is 22.0 Å². The number of likely N-dealkylation sites (N-methyl/N-ethyl adjacent to an activating group) is 1. The number of para-hydroxylation sites is 1. The fraction of sp³-hybridized carbons (Fsp3) is 0.500. The van der Waals surface area contributed by atoms with E-state index in [1.165, 1.54) is 13.1 Å². The number of halogens is 2. The average molecular weight is 362 g/mol. The maximum absolute atomic E-state index is 13.5. The van der Waals surface area contributed by atoms with Crippen LogP contribution in [0.25, 0.3) is 0 Å². The van der Waals surface area contributed by atoms with Crippen LogP contribution in [0.15, 0.2) is 18.2 Å². The molecule has 1 fully saturated rings. The summed E-state index contributed by atoms with van der Waals surface area (Å²) in [5, 5.41) is 1.30. The van der Waals surface area contributed by atoms with Gasteiger partial charge in [-0.25, -0.2) is 17.2 Å². The van der Waals surface area contributed by atoms with Crippen molar-refractivity contribution in [2.75, 3.05) is 18.9 Å². The van der Waals surface area contributed by atoms with Gasteiger partial charge in [0.1, 0.15) is 22.6 Å². The van der Waals surface area contributed by atoms with E-state index in [0.29, 0.717) is 0 Å². The van der Waals surface area contributed by atoms with Crippen molar-refractivity contribution in [1.82, 2.24) is 15.2 Å². The number of amides is 1. The van der Waals surface area contributed by atoms with Gasteiger partial charge >= 0.3 is 0 Å². The van der Waals surface area contributed by atoms with Crippen molar-refractivity contribution in [1.29, 1.82) is 0 Å². The third-order valence-electron chi connectivity index (χ3n) is 3.90. The van der Waals surface area contributed by atoms with E-state index in [-0.39, 0.29) is 12.1 Å². The molecule has 1 aromatic carbocycles. The van der Waals surface area contributed by atoms with Gasteiger partial charge in [0.05, 0.1) is 6.54 Å². The predicted molar refractivity (Wildman–Crippen MR) is 85.5 cm³/mol. The number of benzene rings is 1. The van der Waals surface area contributed by atoms with E-state index in [2.05, 4.69) is 16.2 Å². The molecule has 0 spiro atoms. The van der Waals surface area contributed by atoms with Gasteiger partial charge < -0.3 is 5.32 Å². The van der Waals surface area contributed by atoms with Gasteiger partial charge in [-0.1, -0.05) is 6.07 Å². The molecule has 134 valence electrons. The second kappa shape index (κ2) is 7.09. The van der Waals surface area contributed by atoms with Crippen LogP contribution in [0, 0.1) is 11.6 Å². The molecule has 0 bridgehead atoms. The highest BCUT2D eigenvalue weighted by Crippen LogP contribution is 2.20. The minimum Gasteiger partial charge on any atom is -0.320 e. The summed E-state index contributed by atoms with van der Waals surface area (Å²) in [5.41, 5.74) is 5.07. The number of nitrogens with zero attached hydrogens (tertiary/aromatic N) is 1. The van der Waals surface area contributed by atoms with E-state index in [1.807, 2.05) is 0 Å². The van der Waals surface area contributed by atoms with Crippen LogP contribution in [0.5, 0.6) is 0 Å². The Bertz CT molecular complexity index is 698. The smallest absolute Gasteiger partial charge is 0.239 e. The normalized spacial score (nSPS) is 24.3. The highest BCUT2D eigenvalue weighted by atomic mass is 32.2. The molecule has 10 heteroatoms. The van der Waals surface area contributed by atoms with E-state index in [1.54, 1.807) is 13.8 Å². The summed E-state index contributed by atoms with van der Waals surface area (Å²) in [6.45, 7) is 2.87. The average Bonchev–Trinajstić information content (AvgIpc) is 2.82. The van der Waals surface area contributed by atoms with E-state index in [0.717, 1.165) is 16.4 Å². The van der Waals surface area contributed by atoms with Crippen LogP contribution in [-0.2, 0) is 14.8 Å². The van der Waals surface area contributed by atoms with Gasteiger partial charge in [-0.05, 0) is 26.0 Å². The lowest BCUT2D eigenvalue weighted by Gasteiger charge is -2.25. The summed E-state index contributed by atoms with van der Waals surface area (Å²) in [6.07, 6.45) is 0. The lowest BCUT2D eigenvalue weighted by molar-refractivity contribution is -0.116. The van der Waals surface area contributed by atoms with Gasteiger partial charge in [-0.2, -0.15) is 4.31 Å². The maximum atomic E-state index is 13.5. The predicted octanol–water partition coefficient (Wildman–Crippen LogP) is 0.418. The topological polar surface area (TPSA) is 90.5 Å². The molecule has 2 rings (SSSR count). The fourth-order valence-electron chi connectivity index (χ4n) is 2.67. The molecule has 1 saturated heterocycles. The van der Waals surface area contributed by atoms with Gasteiger partial charge in [0.15, 0.2) is 0 Å². The van der Waals surface area contributed by atoms with Gasteiger partial charge in [0.2, 0.25) is 15.9 Å². The fourth-order valence-corrected chi connectivity index (χ4v) is 4.55. The number of rotatable bonds is 5. The quantitative estimate of drug-likeness (QED) is 0.706. The van der Waals surface area contributed by atoms with Crippen LogP contribution < -0.4 is 16.2 Å². The molecule has 1 amide bonds. The van der Waals surface area contributed by atoms with Crippen LogP contribution in [0.4, 0.5) is 14.5 Å². The van der Waals surface area contributed by atoms with Crippen molar-refractivity contribution >= 4 is 21.6 Å². The molecule has 24 heavy (non-hydrogen) atoms. The molecular weight excluding hydrogens is 342 g/mol. The Morgan fingerprint density at radius 3 is 2.21 bits per heavy atom. The zero-order chi connectivity index (χ0) is 18.1. The van der Waals surface area contributed by atoms with Crippen molar-refractivity contribution in [2.45, 2.75) is 31.2 Å². The van der Waals surface area contributed by atoms with Crippen LogP contribution in [-0.4, -0.2) is 49.6 Å². The number of anilines is 1. The summed E-state index contributed by atoms with van der Waals surface area (Å²) in [6, 6.07) is 2.47. The molecule has 1 aromatic rings. The SMILES string of the molecule is CC1NNC(C)C1S(=O)(=O)N(C)CC(=O)Nc1c(F)cccc1F. The van der Waals surface area contributed by atoms with Crippen LogP contribution in [0.3, 0.4) is 0 Å². The molecule has 0 radical (unpaired) electrons. The Labute approximate surface area is 139 Å². The van der Waals surface area contributed by atoms with Gasteiger partial charge in [0.25, 0.3) is 0 Å². The van der Waals surface area contributed by atoms with Crippen molar-refractivity contribution in [3.05, 3.63) is 29.8 Å². The van der Waals surface area contributed by atoms with Gasteiger partial charge in [-0.15, -0.1) is 0 Å². The number of hydrazine groups is 1. The molecule has 1 aliphatic rings. The van der Waals surface area contributed by atoms with Crippen molar-refractivity contribution in [3.8, 4) is 0 Å². The Hall–Kier alpha value is -1.62. The first kappa shape index (κ1) is 18.7. The minimum atomic E-state index is -3.78. The molecule has 0 saturated carbocycles. The summed E-state index contributed by atoms with van der Waals surface area (Å²) < 4.78 is 53.1. The van der Waals surface area contributed by atoms with Crippen molar-refractivity contribution in [3.63, 3.8) is 0 Å². The number of carbonyl (C=O) groups is 1. The molecule has 0 aromatic heterocycles. The molecule has 2 atom stereocenters. The Morgan fingerprint density at radius 2 is 1.71 bits per heavy atom. The number of carbonyl (C=O) groups excluding carboxylic acids is 1. The minimum absolute atomic E-state index is 0.348. The van der Waals surface area contributed by atoms with E-state index >= 15 is 0 Å². The summed E-state index contributed by atoms with van der Waals surface area (Å²) in [4.78, 5) is 12.0. The van der Waals surface area contributed by atoms with E-state index < -0.39 is 45.0 Å². The molecule has 1 aliphatic heterocycles. The third kappa shape index (κ3) is 3.72. The Balaban J connectivity index is 2.08. The second-order valence-electron chi connectivity index (χ2n) is 5.78. The second-order valence-corrected chi connectivity index (χ2v) is 7.97. The number of hydrogen-bond acceptors (Lipinski definition) is 5. The monoisotopic (exact) mass is 362 g/mol. The maximum Gasteiger partial charge on any atom is 0.239 e. The first-order valence-electron chi connectivity index (χ1n) is 7.34. The highest BCUT2D eigenvalue weighted by Gasteiger charge is 2.42. The number of nitrogens with one attached hydrogen (secondary N) is 3. The Morgan fingerprint density at radius 1 is 1.21 bits per heavy atom. The Kier molecular flexibility index (Phi) is 5.53. The van der Waals surface area contributed by atoms with Crippen molar-refractivity contribution < 1.29 is 22.0 Å². The first-order valence-corrected chi connectivity index (χ1v) is 8.85. The van der Waals surface area contributed by atoms with Crippen LogP contribution in [0.2, 0.25) is 0 Å². The summed E-state index contributed by atoms with van der Waals surface area (Å²) in [5.74, 6) is -2.69. The molecular formula is C14H20F2N4O3S.